The molecule has 0 saturated carbocycles. The van der Waals surface area contributed by atoms with E-state index >= 15 is 0 Å². The average Bonchev–Trinajstić information content (AvgIpc) is 2.65. The Balaban J connectivity index is 1.61. The number of thioether (sulfide) groups is 1. The first-order valence-corrected chi connectivity index (χ1v) is 9.63. The van der Waals surface area contributed by atoms with Crippen LogP contribution >= 0.6 is 11.8 Å². The van der Waals surface area contributed by atoms with Gasteiger partial charge in [0.25, 0.3) is 5.91 Å². The average molecular weight is 369 g/mol. The molecular weight excluding hydrogens is 346 g/mol. The van der Waals surface area contributed by atoms with Gasteiger partial charge in [0, 0.05) is 23.0 Å². The summed E-state index contributed by atoms with van der Waals surface area (Å²) in [7, 11) is 0. The molecule has 1 atom stereocenters. The number of nitrogens with one attached hydrogen (secondary N) is 2. The van der Waals surface area contributed by atoms with Crippen molar-refractivity contribution < 1.29 is 9.59 Å². The number of hydrogen-bond donors (Lipinski definition) is 3. The van der Waals surface area contributed by atoms with Crippen molar-refractivity contribution in [3.63, 3.8) is 0 Å². The Bertz CT molecular complexity index is 818. The Morgan fingerprint density at radius 1 is 1.19 bits per heavy atom. The van der Waals surface area contributed by atoms with Gasteiger partial charge in [-0.1, -0.05) is 38.1 Å². The predicted octanol–water partition coefficient (Wildman–Crippen LogP) is 3.28. The third-order valence-electron chi connectivity index (χ3n) is 4.39. The van der Waals surface area contributed by atoms with Gasteiger partial charge in [-0.25, -0.2) is 0 Å². The molecule has 0 aromatic heterocycles. The zero-order valence-corrected chi connectivity index (χ0v) is 15.7. The van der Waals surface area contributed by atoms with Gasteiger partial charge >= 0.3 is 0 Å². The largest absolute Gasteiger partial charge is 0.350 e. The van der Waals surface area contributed by atoms with Crippen molar-refractivity contribution in [3.05, 3.63) is 59.2 Å². The zero-order valence-electron chi connectivity index (χ0n) is 14.9. The van der Waals surface area contributed by atoms with Gasteiger partial charge < -0.3 is 16.4 Å². The summed E-state index contributed by atoms with van der Waals surface area (Å²) in [5.74, 6) is 0.629. The second-order valence-electron chi connectivity index (χ2n) is 6.69. The molecule has 0 fully saturated rings. The van der Waals surface area contributed by atoms with Crippen LogP contribution in [0.3, 0.4) is 0 Å². The molecule has 0 bridgehead atoms. The van der Waals surface area contributed by atoms with Crippen molar-refractivity contribution in [1.82, 2.24) is 5.32 Å². The molecule has 1 unspecified atom stereocenters. The topological polar surface area (TPSA) is 84.2 Å². The fourth-order valence-corrected chi connectivity index (χ4v) is 3.56. The minimum absolute atomic E-state index is 0.0491. The molecule has 1 aliphatic heterocycles. The maximum Gasteiger partial charge on any atom is 0.251 e. The lowest BCUT2D eigenvalue weighted by Gasteiger charge is -2.18. The number of benzene rings is 2. The van der Waals surface area contributed by atoms with Gasteiger partial charge in [0.1, 0.15) is 0 Å². The molecule has 0 saturated heterocycles. The quantitative estimate of drug-likeness (QED) is 0.755. The standard InChI is InChI=1S/C20H23N3O2S/c1-12(2)13-3-5-14(6-4-13)16(21)10-22-20(25)15-7-8-18-17(9-15)23-19(24)11-26-18/h3-9,12,16H,10-11,21H2,1-2H3,(H,22,25)(H,23,24). The first-order valence-electron chi connectivity index (χ1n) is 8.64. The fourth-order valence-electron chi connectivity index (χ4n) is 2.78. The molecule has 3 rings (SSSR count). The highest BCUT2D eigenvalue weighted by Crippen LogP contribution is 2.31. The number of anilines is 1. The molecule has 0 spiro atoms. The van der Waals surface area contributed by atoms with Crippen LogP contribution < -0.4 is 16.4 Å². The third-order valence-corrected chi connectivity index (χ3v) is 5.46. The SMILES string of the molecule is CC(C)c1ccc(C(N)CNC(=O)c2ccc3c(c2)NC(=O)CS3)cc1. The van der Waals surface area contributed by atoms with E-state index in [1.54, 1.807) is 12.1 Å². The number of hydrogen-bond acceptors (Lipinski definition) is 4. The molecule has 0 aliphatic carbocycles. The lowest BCUT2D eigenvalue weighted by molar-refractivity contribution is -0.113. The minimum atomic E-state index is -0.270. The fraction of sp³-hybridized carbons (Fsp3) is 0.300. The molecule has 2 aromatic rings. The van der Waals surface area contributed by atoms with Gasteiger partial charge in [-0.2, -0.15) is 0 Å². The monoisotopic (exact) mass is 369 g/mol. The molecule has 26 heavy (non-hydrogen) atoms. The van der Waals surface area contributed by atoms with Gasteiger partial charge in [-0.15, -0.1) is 11.8 Å². The summed E-state index contributed by atoms with van der Waals surface area (Å²) in [5, 5.41) is 5.66. The van der Waals surface area contributed by atoms with Crippen LogP contribution in [0.5, 0.6) is 0 Å². The Morgan fingerprint density at radius 3 is 2.58 bits per heavy atom. The van der Waals surface area contributed by atoms with Crippen LogP contribution in [0.2, 0.25) is 0 Å². The summed E-state index contributed by atoms with van der Waals surface area (Å²) in [4.78, 5) is 24.9. The van der Waals surface area contributed by atoms with Gasteiger partial charge in [0.2, 0.25) is 5.91 Å². The van der Waals surface area contributed by atoms with Crippen LogP contribution in [0.1, 0.15) is 47.3 Å². The Hall–Kier alpha value is -2.31. The van der Waals surface area contributed by atoms with Gasteiger partial charge in [-0.3, -0.25) is 9.59 Å². The number of amides is 2. The van der Waals surface area contributed by atoms with Gasteiger partial charge in [0.15, 0.2) is 0 Å². The lowest BCUT2D eigenvalue weighted by Crippen LogP contribution is -2.32. The van der Waals surface area contributed by atoms with Crippen molar-refractivity contribution in [1.29, 1.82) is 0 Å². The number of nitrogens with two attached hydrogens (primary N) is 1. The molecule has 4 N–H and O–H groups in total. The Morgan fingerprint density at radius 2 is 1.88 bits per heavy atom. The van der Waals surface area contributed by atoms with Crippen LogP contribution in [-0.4, -0.2) is 24.1 Å². The highest BCUT2D eigenvalue weighted by Gasteiger charge is 2.17. The molecule has 1 heterocycles. The van der Waals surface area contributed by atoms with Crippen molar-refractivity contribution in [2.24, 2.45) is 5.73 Å². The van der Waals surface area contributed by atoms with Crippen LogP contribution in [-0.2, 0) is 4.79 Å². The summed E-state index contributed by atoms with van der Waals surface area (Å²) in [6.07, 6.45) is 0. The van der Waals surface area contributed by atoms with Crippen molar-refractivity contribution >= 4 is 29.3 Å². The summed E-state index contributed by atoms with van der Waals surface area (Å²) >= 11 is 1.47. The predicted molar refractivity (Wildman–Crippen MR) is 106 cm³/mol. The van der Waals surface area contributed by atoms with Crippen LogP contribution in [0, 0.1) is 0 Å². The van der Waals surface area contributed by atoms with E-state index in [-0.39, 0.29) is 17.9 Å². The third kappa shape index (κ3) is 4.26. The minimum Gasteiger partial charge on any atom is -0.350 e. The number of carbonyl (C=O) groups excluding carboxylic acids is 2. The molecule has 6 heteroatoms. The Kier molecular flexibility index (Phi) is 5.64. The number of fused-ring (bicyclic) bond motifs is 1. The molecule has 1 aliphatic rings. The molecule has 2 aromatic carbocycles. The highest BCUT2D eigenvalue weighted by atomic mass is 32.2. The van der Waals surface area contributed by atoms with Crippen molar-refractivity contribution in [3.8, 4) is 0 Å². The zero-order chi connectivity index (χ0) is 18.7. The van der Waals surface area contributed by atoms with E-state index in [4.69, 9.17) is 5.73 Å². The number of rotatable bonds is 5. The smallest absolute Gasteiger partial charge is 0.251 e. The highest BCUT2D eigenvalue weighted by molar-refractivity contribution is 8.00. The van der Waals surface area contributed by atoms with E-state index in [9.17, 15) is 9.59 Å². The first kappa shape index (κ1) is 18.5. The summed E-state index contributed by atoms with van der Waals surface area (Å²) in [6, 6.07) is 13.2. The molecule has 2 amide bonds. The van der Waals surface area contributed by atoms with E-state index in [0.717, 1.165) is 10.5 Å². The molecular formula is C20H23N3O2S. The van der Waals surface area contributed by atoms with Gasteiger partial charge in [0.05, 0.1) is 11.4 Å². The molecule has 0 radical (unpaired) electrons. The summed E-state index contributed by atoms with van der Waals surface area (Å²) in [5.41, 5.74) is 9.65. The van der Waals surface area contributed by atoms with E-state index in [2.05, 4.69) is 36.6 Å². The second kappa shape index (κ2) is 7.93. The lowest BCUT2D eigenvalue weighted by atomic mass is 9.99. The van der Waals surface area contributed by atoms with E-state index in [1.807, 2.05) is 18.2 Å². The van der Waals surface area contributed by atoms with Crippen LogP contribution in [0.4, 0.5) is 5.69 Å². The summed E-state index contributed by atoms with van der Waals surface area (Å²) in [6.45, 7) is 4.64. The van der Waals surface area contributed by atoms with Crippen molar-refractivity contribution in [2.75, 3.05) is 17.6 Å². The van der Waals surface area contributed by atoms with E-state index in [1.165, 1.54) is 17.3 Å². The van der Waals surface area contributed by atoms with E-state index in [0.29, 0.717) is 29.5 Å². The normalized spacial score (nSPS) is 14.5. The molecule has 5 nitrogen and oxygen atoms in total. The van der Waals surface area contributed by atoms with Gasteiger partial charge in [-0.05, 0) is 35.2 Å². The number of carbonyl (C=O) groups is 2. The molecule has 136 valence electrons. The maximum absolute atomic E-state index is 12.4. The van der Waals surface area contributed by atoms with E-state index < -0.39 is 0 Å². The van der Waals surface area contributed by atoms with Crippen LogP contribution in [0.15, 0.2) is 47.4 Å². The maximum atomic E-state index is 12.4. The van der Waals surface area contributed by atoms with Crippen molar-refractivity contribution in [2.45, 2.75) is 30.7 Å². The Labute approximate surface area is 157 Å². The second-order valence-corrected chi connectivity index (χ2v) is 7.70. The first-order chi connectivity index (χ1) is 12.4. The summed E-state index contributed by atoms with van der Waals surface area (Å²) < 4.78 is 0. The van der Waals surface area contributed by atoms with Crippen LogP contribution in [0.25, 0.3) is 0 Å².